The lowest BCUT2D eigenvalue weighted by Crippen LogP contribution is -2.41. The Bertz CT molecular complexity index is 710. The van der Waals surface area contributed by atoms with Gasteiger partial charge in [0, 0.05) is 24.3 Å². The Labute approximate surface area is 156 Å². The van der Waals surface area contributed by atoms with Gasteiger partial charge < -0.3 is 9.31 Å². The summed E-state index contributed by atoms with van der Waals surface area (Å²) in [7, 11) is -0.495. The summed E-state index contributed by atoms with van der Waals surface area (Å²) < 4.78 is 13.3. The fraction of sp³-hybridized carbons (Fsp3) is 0.500. The summed E-state index contributed by atoms with van der Waals surface area (Å²) in [6.45, 7) is 12.0. The molecule has 2 aromatic rings. The van der Waals surface area contributed by atoms with E-state index in [9.17, 15) is 4.79 Å². The molecule has 1 aliphatic heterocycles. The minimum absolute atomic E-state index is 0.0402. The Kier molecular flexibility index (Phi) is 6.42. The molecule has 3 rings (SSSR count). The predicted octanol–water partition coefficient (Wildman–Crippen LogP) is 3.48. The smallest absolute Gasteiger partial charge is 0.399 e. The number of aromatic nitrogens is 2. The molecule has 1 aliphatic rings. The maximum absolute atomic E-state index is 12.3. The second-order valence-corrected chi connectivity index (χ2v) is 7.19. The van der Waals surface area contributed by atoms with Crippen molar-refractivity contribution in [2.45, 2.75) is 65.6 Å². The third-order valence-electron chi connectivity index (χ3n) is 4.85. The van der Waals surface area contributed by atoms with Crippen LogP contribution in [0.1, 0.15) is 58.3 Å². The maximum Gasteiger partial charge on any atom is 0.498 e. The van der Waals surface area contributed by atoms with Crippen LogP contribution in [0.4, 0.5) is 0 Å². The van der Waals surface area contributed by atoms with Gasteiger partial charge in [-0.05, 0) is 39.7 Å². The Morgan fingerprint density at radius 1 is 1.08 bits per heavy atom. The van der Waals surface area contributed by atoms with E-state index in [1.165, 1.54) is 4.68 Å². The van der Waals surface area contributed by atoms with E-state index in [0.717, 1.165) is 11.0 Å². The zero-order valence-electron chi connectivity index (χ0n) is 16.7. The van der Waals surface area contributed by atoms with Crippen LogP contribution in [0.2, 0.25) is 0 Å². The van der Waals surface area contributed by atoms with Crippen molar-refractivity contribution in [2.24, 2.45) is 0 Å². The summed E-state index contributed by atoms with van der Waals surface area (Å²) in [6, 6.07) is 9.96. The highest BCUT2D eigenvalue weighted by Gasteiger charge is 2.52. The van der Waals surface area contributed by atoms with Crippen LogP contribution in [-0.4, -0.2) is 34.0 Å². The molecule has 0 atom stereocenters. The van der Waals surface area contributed by atoms with Gasteiger partial charge in [0.25, 0.3) is 0 Å². The normalized spacial score (nSPS) is 17.5. The first-order chi connectivity index (χ1) is 12.3. The van der Waals surface area contributed by atoms with Gasteiger partial charge in [0.2, 0.25) is 5.91 Å². The Morgan fingerprint density at radius 3 is 2.23 bits per heavy atom. The van der Waals surface area contributed by atoms with Crippen molar-refractivity contribution < 1.29 is 14.1 Å². The summed E-state index contributed by atoms with van der Waals surface area (Å²) >= 11 is 0. The van der Waals surface area contributed by atoms with Gasteiger partial charge in [0.15, 0.2) is 0 Å². The lowest BCUT2D eigenvalue weighted by Gasteiger charge is -2.32. The summed E-state index contributed by atoms with van der Waals surface area (Å²) in [5, 5.41) is 4.18. The zero-order valence-corrected chi connectivity index (χ0v) is 16.7. The molecule has 6 heteroatoms. The number of aryl methyl sites for hydroxylation is 1. The molecule has 2 heterocycles. The van der Waals surface area contributed by atoms with Crippen LogP contribution in [0.15, 0.2) is 42.7 Å². The highest BCUT2D eigenvalue weighted by molar-refractivity contribution is 6.62. The minimum atomic E-state index is -0.495. The molecule has 1 aromatic heterocycles. The number of carbonyl (C=O) groups is 1. The average Bonchev–Trinajstić information content (AvgIpc) is 3.18. The van der Waals surface area contributed by atoms with Crippen molar-refractivity contribution in [3.05, 3.63) is 48.3 Å². The number of nitrogens with zero attached hydrogens (tertiary/aromatic N) is 2. The van der Waals surface area contributed by atoms with Crippen molar-refractivity contribution >= 4 is 18.5 Å². The molecule has 0 spiro atoms. The highest BCUT2D eigenvalue weighted by atomic mass is 16.7. The van der Waals surface area contributed by atoms with Gasteiger partial charge in [-0.1, -0.05) is 44.2 Å². The van der Waals surface area contributed by atoms with Crippen molar-refractivity contribution in [1.29, 1.82) is 0 Å². The minimum Gasteiger partial charge on any atom is -0.399 e. The third kappa shape index (κ3) is 4.43. The predicted molar refractivity (Wildman–Crippen MR) is 105 cm³/mol. The first kappa shape index (κ1) is 20.4. The van der Waals surface area contributed by atoms with E-state index in [2.05, 4.69) is 5.10 Å². The number of hydrogen-bond acceptors (Lipinski definition) is 4. The molecule has 0 aliphatic carbocycles. The maximum atomic E-state index is 12.3. The first-order valence-electron chi connectivity index (χ1n) is 9.26. The summed E-state index contributed by atoms with van der Waals surface area (Å²) in [4.78, 5) is 12.3. The van der Waals surface area contributed by atoms with E-state index >= 15 is 0 Å². The lowest BCUT2D eigenvalue weighted by molar-refractivity contribution is 0.00578. The largest absolute Gasteiger partial charge is 0.498 e. The molecule has 1 fully saturated rings. The van der Waals surface area contributed by atoms with E-state index in [4.69, 9.17) is 9.31 Å². The SMILES string of the molecule is CC.CC1(C)OB(c2cnn(C(=O)CCc3ccccc3)c2)OC1(C)C. The monoisotopic (exact) mass is 356 g/mol. The zero-order chi connectivity index (χ0) is 19.4. The molecule has 26 heavy (non-hydrogen) atoms. The molecule has 5 nitrogen and oxygen atoms in total. The molecule has 1 aromatic carbocycles. The van der Waals surface area contributed by atoms with E-state index < -0.39 is 18.3 Å². The average molecular weight is 356 g/mol. The van der Waals surface area contributed by atoms with Crippen LogP contribution < -0.4 is 5.46 Å². The number of hydrogen-bond donors (Lipinski definition) is 0. The van der Waals surface area contributed by atoms with Crippen LogP contribution >= 0.6 is 0 Å². The van der Waals surface area contributed by atoms with E-state index in [0.29, 0.717) is 12.8 Å². The Hall–Kier alpha value is -1.92. The van der Waals surface area contributed by atoms with Gasteiger partial charge in [-0.2, -0.15) is 5.10 Å². The second kappa shape index (κ2) is 8.19. The molecule has 0 radical (unpaired) electrons. The van der Waals surface area contributed by atoms with Crippen LogP contribution in [0.5, 0.6) is 0 Å². The van der Waals surface area contributed by atoms with Gasteiger partial charge in [0.1, 0.15) is 0 Å². The van der Waals surface area contributed by atoms with Crippen LogP contribution in [0, 0.1) is 0 Å². The quantitative estimate of drug-likeness (QED) is 0.787. The molecule has 0 bridgehead atoms. The molecule has 1 saturated heterocycles. The summed E-state index contributed by atoms with van der Waals surface area (Å²) in [5.74, 6) is -0.0402. The molecule has 140 valence electrons. The Balaban J connectivity index is 0.00000117. The van der Waals surface area contributed by atoms with Gasteiger partial charge in [-0.15, -0.1) is 0 Å². The summed E-state index contributed by atoms with van der Waals surface area (Å²) in [5.41, 5.74) is 1.10. The molecule has 0 N–H and O–H groups in total. The molecular weight excluding hydrogens is 327 g/mol. The fourth-order valence-electron chi connectivity index (χ4n) is 2.58. The molecule has 0 amide bonds. The van der Waals surface area contributed by atoms with Gasteiger partial charge >= 0.3 is 7.12 Å². The second-order valence-electron chi connectivity index (χ2n) is 7.19. The van der Waals surface area contributed by atoms with Gasteiger partial charge in [-0.25, -0.2) is 4.68 Å². The molecule has 0 saturated carbocycles. The highest BCUT2D eigenvalue weighted by Crippen LogP contribution is 2.36. The van der Waals surface area contributed by atoms with Crippen molar-refractivity contribution in [3.63, 3.8) is 0 Å². The topological polar surface area (TPSA) is 53.4 Å². The van der Waals surface area contributed by atoms with Crippen LogP contribution in [0.3, 0.4) is 0 Å². The fourth-order valence-corrected chi connectivity index (χ4v) is 2.58. The van der Waals surface area contributed by atoms with Crippen molar-refractivity contribution in [1.82, 2.24) is 9.78 Å². The lowest BCUT2D eigenvalue weighted by atomic mass is 9.82. The molecular formula is C20H29BN2O3. The van der Waals surface area contributed by atoms with Crippen molar-refractivity contribution in [2.75, 3.05) is 0 Å². The van der Waals surface area contributed by atoms with Gasteiger partial charge in [0.05, 0.1) is 11.2 Å². The van der Waals surface area contributed by atoms with Crippen molar-refractivity contribution in [3.8, 4) is 0 Å². The van der Waals surface area contributed by atoms with E-state index in [1.54, 1.807) is 12.4 Å². The van der Waals surface area contributed by atoms with Crippen LogP contribution in [-0.2, 0) is 15.7 Å². The standard InChI is InChI=1S/C18H23BN2O3.C2H6/c1-17(2)18(3,4)24-19(23-17)15-12-20-21(13-15)16(22)11-10-14-8-6-5-7-9-14;1-2/h5-9,12-13H,10-11H2,1-4H3;1-2H3. The number of benzene rings is 1. The summed E-state index contributed by atoms with van der Waals surface area (Å²) in [6.07, 6.45) is 4.46. The Morgan fingerprint density at radius 2 is 1.65 bits per heavy atom. The first-order valence-corrected chi connectivity index (χ1v) is 9.26. The number of rotatable bonds is 4. The number of carbonyl (C=O) groups excluding carboxylic acids is 1. The van der Waals surface area contributed by atoms with E-state index in [1.807, 2.05) is 71.9 Å². The third-order valence-corrected chi connectivity index (χ3v) is 4.85. The van der Waals surface area contributed by atoms with Gasteiger partial charge in [-0.3, -0.25) is 4.79 Å². The van der Waals surface area contributed by atoms with E-state index in [-0.39, 0.29) is 5.91 Å². The molecule has 0 unspecified atom stereocenters. The van der Waals surface area contributed by atoms with Crippen LogP contribution in [0.25, 0.3) is 0 Å².